The highest BCUT2D eigenvalue weighted by molar-refractivity contribution is 7.92. The van der Waals surface area contributed by atoms with E-state index in [9.17, 15) is 22.4 Å². The molecule has 242 valence electrons. The molecule has 0 heterocycles. The molecule has 4 aromatic rings. The molecule has 0 radical (unpaired) electrons. The SMILES string of the molecule is CCNC(=O)[C@@H](Cc1ccccc1)N(Cc1ccc(F)cc1)C(=O)CN(c1ccc(C)cc1)S(=O)(=O)c1ccc(OC)c(OC)c1. The Balaban J connectivity index is 1.81. The monoisotopic (exact) mass is 647 g/mol. The van der Waals surface area contributed by atoms with E-state index >= 15 is 0 Å². The summed E-state index contributed by atoms with van der Waals surface area (Å²) in [7, 11) is -1.50. The number of aryl methyl sites for hydroxylation is 1. The number of benzene rings is 4. The maximum Gasteiger partial charge on any atom is 0.264 e. The Morgan fingerprint density at radius 1 is 0.848 bits per heavy atom. The van der Waals surface area contributed by atoms with Crippen LogP contribution in [0.15, 0.2) is 102 Å². The molecule has 0 spiro atoms. The van der Waals surface area contributed by atoms with Crippen LogP contribution in [0, 0.1) is 12.7 Å². The van der Waals surface area contributed by atoms with E-state index in [-0.39, 0.29) is 29.3 Å². The van der Waals surface area contributed by atoms with Gasteiger partial charge in [-0.15, -0.1) is 0 Å². The molecule has 11 heteroatoms. The van der Waals surface area contributed by atoms with Crippen LogP contribution in [0.5, 0.6) is 11.5 Å². The third kappa shape index (κ3) is 8.22. The minimum atomic E-state index is -4.35. The quantitative estimate of drug-likeness (QED) is 0.204. The predicted octanol–water partition coefficient (Wildman–Crippen LogP) is 5.12. The number of sulfonamides is 1. The first-order valence-electron chi connectivity index (χ1n) is 14.7. The van der Waals surface area contributed by atoms with Crippen LogP contribution in [0.4, 0.5) is 10.1 Å². The highest BCUT2D eigenvalue weighted by Gasteiger charge is 2.35. The number of ether oxygens (including phenoxy) is 2. The molecule has 0 saturated carbocycles. The van der Waals surface area contributed by atoms with Gasteiger partial charge in [-0.1, -0.05) is 60.2 Å². The third-order valence-corrected chi connectivity index (χ3v) is 9.20. The van der Waals surface area contributed by atoms with Gasteiger partial charge in [0.1, 0.15) is 18.4 Å². The van der Waals surface area contributed by atoms with Gasteiger partial charge in [-0.2, -0.15) is 0 Å². The van der Waals surface area contributed by atoms with Crippen LogP contribution < -0.4 is 19.1 Å². The van der Waals surface area contributed by atoms with Crippen molar-refractivity contribution in [1.82, 2.24) is 10.2 Å². The molecule has 0 aliphatic carbocycles. The van der Waals surface area contributed by atoms with Gasteiger partial charge in [0.25, 0.3) is 10.0 Å². The van der Waals surface area contributed by atoms with Gasteiger partial charge < -0.3 is 19.7 Å². The van der Waals surface area contributed by atoms with Gasteiger partial charge in [0.05, 0.1) is 24.8 Å². The van der Waals surface area contributed by atoms with E-state index in [2.05, 4.69) is 5.32 Å². The summed E-state index contributed by atoms with van der Waals surface area (Å²) in [6.07, 6.45) is 0.173. The summed E-state index contributed by atoms with van der Waals surface area (Å²) >= 11 is 0. The Morgan fingerprint density at radius 3 is 2.11 bits per heavy atom. The lowest BCUT2D eigenvalue weighted by molar-refractivity contribution is -0.140. The zero-order valence-corrected chi connectivity index (χ0v) is 27.1. The van der Waals surface area contributed by atoms with E-state index in [1.165, 1.54) is 61.6 Å². The molecule has 0 unspecified atom stereocenters. The second-order valence-corrected chi connectivity index (χ2v) is 12.5. The molecular weight excluding hydrogens is 609 g/mol. The summed E-state index contributed by atoms with van der Waals surface area (Å²) in [5, 5.41) is 2.82. The number of amides is 2. The maximum absolute atomic E-state index is 14.4. The predicted molar refractivity (Wildman–Crippen MR) is 175 cm³/mol. The molecule has 0 fully saturated rings. The van der Waals surface area contributed by atoms with Crippen molar-refractivity contribution in [3.05, 3.63) is 120 Å². The summed E-state index contributed by atoms with van der Waals surface area (Å²) in [5.41, 5.74) is 2.54. The molecule has 4 aromatic carbocycles. The normalized spacial score (nSPS) is 11.8. The smallest absolute Gasteiger partial charge is 0.264 e. The van der Waals surface area contributed by atoms with Crippen molar-refractivity contribution in [2.75, 3.05) is 31.6 Å². The van der Waals surface area contributed by atoms with E-state index in [1.807, 2.05) is 37.3 Å². The number of carbonyl (C=O) groups is 2. The zero-order valence-electron chi connectivity index (χ0n) is 26.3. The Morgan fingerprint density at radius 2 is 1.50 bits per heavy atom. The second-order valence-electron chi connectivity index (χ2n) is 10.6. The van der Waals surface area contributed by atoms with Crippen molar-refractivity contribution in [3.63, 3.8) is 0 Å². The maximum atomic E-state index is 14.4. The van der Waals surface area contributed by atoms with Crippen LogP contribution >= 0.6 is 0 Å². The van der Waals surface area contributed by atoms with E-state index in [4.69, 9.17) is 9.47 Å². The molecular formula is C35H38FN3O6S. The minimum Gasteiger partial charge on any atom is -0.493 e. The van der Waals surface area contributed by atoms with Crippen molar-refractivity contribution in [3.8, 4) is 11.5 Å². The van der Waals surface area contributed by atoms with Gasteiger partial charge in [0.2, 0.25) is 11.8 Å². The fraction of sp³-hybridized carbons (Fsp3) is 0.257. The number of nitrogens with one attached hydrogen (secondary N) is 1. The van der Waals surface area contributed by atoms with Gasteiger partial charge in [-0.3, -0.25) is 13.9 Å². The molecule has 0 saturated heterocycles. The molecule has 9 nitrogen and oxygen atoms in total. The molecule has 0 aliphatic heterocycles. The highest BCUT2D eigenvalue weighted by atomic mass is 32.2. The molecule has 46 heavy (non-hydrogen) atoms. The third-order valence-electron chi connectivity index (χ3n) is 7.43. The number of methoxy groups -OCH3 is 2. The summed E-state index contributed by atoms with van der Waals surface area (Å²) in [5.74, 6) is -0.920. The number of nitrogens with zero attached hydrogens (tertiary/aromatic N) is 2. The zero-order chi connectivity index (χ0) is 33.3. The van der Waals surface area contributed by atoms with Gasteiger partial charge >= 0.3 is 0 Å². The fourth-order valence-corrected chi connectivity index (χ4v) is 6.41. The standard InChI is InChI=1S/C35H38FN3O6S/c1-5-37-35(41)31(21-26-9-7-6-8-10-26)38(23-27-13-15-28(36)16-14-27)34(40)24-39(29-17-11-25(2)12-18-29)46(42,43)30-19-20-32(44-3)33(22-30)45-4/h6-20,22,31H,5,21,23-24H2,1-4H3,(H,37,41)/t31-/m1/s1. The van der Waals surface area contributed by atoms with Crippen LogP contribution in [-0.4, -0.2) is 58.5 Å². The average molecular weight is 648 g/mol. The topological polar surface area (TPSA) is 105 Å². The first-order chi connectivity index (χ1) is 22.1. The van der Waals surface area contributed by atoms with Gasteiger partial charge in [-0.25, -0.2) is 12.8 Å². The first-order valence-corrected chi connectivity index (χ1v) is 16.2. The second kappa shape index (κ2) is 15.4. The van der Waals surface area contributed by atoms with Crippen LogP contribution in [-0.2, 0) is 32.6 Å². The first kappa shape index (κ1) is 34.0. The number of rotatable bonds is 14. The van der Waals surface area contributed by atoms with E-state index in [0.717, 1.165) is 15.4 Å². The number of likely N-dealkylation sites (N-methyl/N-ethyl adjacent to an activating group) is 1. The lowest BCUT2D eigenvalue weighted by Crippen LogP contribution is -2.53. The van der Waals surface area contributed by atoms with E-state index in [0.29, 0.717) is 17.9 Å². The van der Waals surface area contributed by atoms with Gasteiger partial charge in [-0.05, 0) is 61.4 Å². The Kier molecular flexibility index (Phi) is 11.4. The molecule has 1 atom stereocenters. The molecule has 0 aliphatic rings. The van der Waals surface area contributed by atoms with Crippen LogP contribution in [0.3, 0.4) is 0 Å². The summed E-state index contributed by atoms with van der Waals surface area (Å²) < 4.78 is 54.0. The largest absolute Gasteiger partial charge is 0.493 e. The van der Waals surface area contributed by atoms with Crippen molar-refractivity contribution in [2.24, 2.45) is 0 Å². The van der Waals surface area contributed by atoms with Crippen molar-refractivity contribution in [1.29, 1.82) is 0 Å². The summed E-state index contributed by atoms with van der Waals surface area (Å²) in [6.45, 7) is 3.29. The minimum absolute atomic E-state index is 0.0636. The molecule has 4 rings (SSSR count). The van der Waals surface area contributed by atoms with Crippen LogP contribution in [0.2, 0.25) is 0 Å². The number of carbonyl (C=O) groups excluding carboxylic acids is 2. The van der Waals surface area contributed by atoms with Crippen molar-refractivity contribution in [2.45, 2.75) is 37.8 Å². The number of halogens is 1. The fourth-order valence-electron chi connectivity index (χ4n) is 4.98. The number of hydrogen-bond donors (Lipinski definition) is 1. The number of hydrogen-bond acceptors (Lipinski definition) is 6. The Hall–Kier alpha value is -4.90. The van der Waals surface area contributed by atoms with Gasteiger partial charge in [0.15, 0.2) is 11.5 Å². The van der Waals surface area contributed by atoms with Crippen LogP contribution in [0.25, 0.3) is 0 Å². The van der Waals surface area contributed by atoms with Crippen molar-refractivity contribution >= 4 is 27.5 Å². The van der Waals surface area contributed by atoms with E-state index in [1.54, 1.807) is 31.2 Å². The van der Waals surface area contributed by atoms with Gasteiger partial charge in [0, 0.05) is 25.6 Å². The molecule has 0 bridgehead atoms. The van der Waals surface area contributed by atoms with Crippen LogP contribution in [0.1, 0.15) is 23.6 Å². The Bertz CT molecular complexity index is 1730. The molecule has 0 aromatic heterocycles. The van der Waals surface area contributed by atoms with E-state index < -0.39 is 40.2 Å². The number of anilines is 1. The van der Waals surface area contributed by atoms with Crippen molar-refractivity contribution < 1.29 is 31.9 Å². The average Bonchev–Trinajstić information content (AvgIpc) is 3.06. The summed E-state index contributed by atoms with van der Waals surface area (Å²) in [6, 6.07) is 24.8. The molecule has 1 N–H and O–H groups in total. The lowest BCUT2D eigenvalue weighted by Gasteiger charge is -2.34. The molecule has 2 amide bonds. The summed E-state index contributed by atoms with van der Waals surface area (Å²) in [4.78, 5) is 29.2. The Labute approximate surface area is 269 Å². The highest BCUT2D eigenvalue weighted by Crippen LogP contribution is 2.32. The lowest BCUT2D eigenvalue weighted by atomic mass is 10.0.